The highest BCUT2D eigenvalue weighted by molar-refractivity contribution is 5.96. The Hall–Kier alpha value is -2.94. The number of para-hydroxylation sites is 1. The highest BCUT2D eigenvalue weighted by Gasteiger charge is 2.15. The summed E-state index contributed by atoms with van der Waals surface area (Å²) in [6.45, 7) is 3.36. The van der Waals surface area contributed by atoms with Gasteiger partial charge in [0, 0.05) is 42.0 Å². The summed E-state index contributed by atoms with van der Waals surface area (Å²) in [5.74, 6) is 2.37. The summed E-state index contributed by atoms with van der Waals surface area (Å²) in [5.41, 5.74) is 5.49. The van der Waals surface area contributed by atoms with Gasteiger partial charge < -0.3 is 9.64 Å². The Balaban J connectivity index is 1.85. The number of morpholine rings is 1. The molecule has 25 heavy (non-hydrogen) atoms. The standard InChI is InChI=1S/C21H19N3O/c22-9-7-16-8-10-23-20-6-5-17(15-19(16)20)18-3-1-2-4-21(18)24-11-13-25-14-12-24/h1-8,10,15,22H,11-14H2. The number of anilines is 1. The van der Waals surface area contributed by atoms with Gasteiger partial charge in [-0.15, -0.1) is 0 Å². The minimum atomic E-state index is 0.768. The van der Waals surface area contributed by atoms with Gasteiger partial charge in [-0.05, 0) is 41.3 Å². The monoisotopic (exact) mass is 329 g/mol. The molecule has 4 nitrogen and oxygen atoms in total. The Morgan fingerprint density at radius 3 is 2.76 bits per heavy atom. The fraction of sp³-hybridized carbons (Fsp3) is 0.190. The van der Waals surface area contributed by atoms with Crippen LogP contribution >= 0.6 is 0 Å². The first kappa shape index (κ1) is 15.6. The van der Waals surface area contributed by atoms with E-state index in [1.807, 2.05) is 12.1 Å². The topological polar surface area (TPSA) is 49.2 Å². The number of nitrogens with one attached hydrogen (secondary N) is 1. The van der Waals surface area contributed by atoms with Crippen molar-refractivity contribution < 1.29 is 4.74 Å². The lowest BCUT2D eigenvalue weighted by Crippen LogP contribution is -2.36. The summed E-state index contributed by atoms with van der Waals surface area (Å²) in [6.07, 6.45) is 3.45. The molecule has 0 radical (unpaired) electrons. The van der Waals surface area contributed by atoms with Crippen LogP contribution in [0.1, 0.15) is 5.56 Å². The number of benzene rings is 2. The van der Waals surface area contributed by atoms with Crippen LogP contribution in [0.4, 0.5) is 5.69 Å². The maximum atomic E-state index is 7.26. The molecule has 4 rings (SSSR count). The van der Waals surface area contributed by atoms with Gasteiger partial charge in [-0.25, -0.2) is 0 Å². The first-order valence-corrected chi connectivity index (χ1v) is 8.43. The Morgan fingerprint density at radius 1 is 1.08 bits per heavy atom. The fourth-order valence-electron chi connectivity index (χ4n) is 3.34. The molecule has 4 heteroatoms. The zero-order valence-electron chi connectivity index (χ0n) is 13.9. The molecule has 1 fully saturated rings. The van der Waals surface area contributed by atoms with Gasteiger partial charge in [0.15, 0.2) is 0 Å². The Morgan fingerprint density at radius 2 is 1.92 bits per heavy atom. The molecule has 0 unspecified atom stereocenters. The number of pyridine rings is 1. The molecule has 0 spiro atoms. The van der Waals surface area contributed by atoms with E-state index in [0.717, 1.165) is 48.3 Å². The van der Waals surface area contributed by atoms with Crippen LogP contribution in [-0.2, 0) is 4.74 Å². The zero-order valence-corrected chi connectivity index (χ0v) is 13.9. The molecule has 1 saturated heterocycles. The van der Waals surface area contributed by atoms with E-state index in [4.69, 9.17) is 10.1 Å². The van der Waals surface area contributed by atoms with Crippen molar-refractivity contribution in [1.82, 2.24) is 4.98 Å². The second kappa shape index (κ2) is 6.89. The molecule has 0 bridgehead atoms. The maximum Gasteiger partial charge on any atom is 0.0708 e. The summed E-state index contributed by atoms with van der Waals surface area (Å²) in [4.78, 5) is 6.81. The van der Waals surface area contributed by atoms with Crippen molar-refractivity contribution in [3.63, 3.8) is 0 Å². The second-order valence-electron chi connectivity index (χ2n) is 6.04. The van der Waals surface area contributed by atoms with Gasteiger partial charge in [0.2, 0.25) is 0 Å². The van der Waals surface area contributed by atoms with Gasteiger partial charge in [0.05, 0.1) is 18.7 Å². The van der Waals surface area contributed by atoms with Crippen molar-refractivity contribution in [2.45, 2.75) is 0 Å². The molecule has 0 aliphatic carbocycles. The average Bonchev–Trinajstić information content (AvgIpc) is 2.69. The highest BCUT2D eigenvalue weighted by Crippen LogP contribution is 2.33. The number of rotatable bonds is 3. The average molecular weight is 329 g/mol. The minimum Gasteiger partial charge on any atom is -0.378 e. The van der Waals surface area contributed by atoms with Crippen molar-refractivity contribution in [3.05, 3.63) is 60.3 Å². The van der Waals surface area contributed by atoms with Crippen LogP contribution in [0.2, 0.25) is 0 Å². The van der Waals surface area contributed by atoms with Crippen molar-refractivity contribution in [3.8, 4) is 11.1 Å². The van der Waals surface area contributed by atoms with Crippen molar-refractivity contribution in [2.24, 2.45) is 0 Å². The molecular formula is C21H19N3O. The van der Waals surface area contributed by atoms with E-state index >= 15 is 0 Å². The predicted molar refractivity (Wildman–Crippen MR) is 102 cm³/mol. The van der Waals surface area contributed by atoms with E-state index in [1.165, 1.54) is 11.3 Å². The number of hydrogen-bond acceptors (Lipinski definition) is 4. The van der Waals surface area contributed by atoms with Crippen LogP contribution < -0.4 is 4.90 Å². The van der Waals surface area contributed by atoms with E-state index in [1.54, 1.807) is 12.3 Å². The smallest absolute Gasteiger partial charge is 0.0708 e. The highest BCUT2D eigenvalue weighted by atomic mass is 16.5. The predicted octanol–water partition coefficient (Wildman–Crippen LogP) is 4.00. The molecule has 0 saturated carbocycles. The van der Waals surface area contributed by atoms with Crippen LogP contribution in [0.5, 0.6) is 0 Å². The van der Waals surface area contributed by atoms with Crippen LogP contribution in [-0.4, -0.2) is 37.2 Å². The summed E-state index contributed by atoms with van der Waals surface area (Å²) >= 11 is 0. The molecule has 1 aromatic heterocycles. The lowest BCUT2D eigenvalue weighted by molar-refractivity contribution is 0.123. The van der Waals surface area contributed by atoms with E-state index in [9.17, 15) is 0 Å². The molecule has 3 aromatic rings. The van der Waals surface area contributed by atoms with Crippen molar-refractivity contribution >= 4 is 28.5 Å². The molecule has 1 N–H and O–H groups in total. The van der Waals surface area contributed by atoms with Crippen LogP contribution in [0.3, 0.4) is 0 Å². The van der Waals surface area contributed by atoms with Crippen molar-refractivity contribution in [1.29, 1.82) is 5.41 Å². The van der Waals surface area contributed by atoms with Gasteiger partial charge in [0.25, 0.3) is 0 Å². The zero-order chi connectivity index (χ0) is 17.1. The summed E-state index contributed by atoms with van der Waals surface area (Å²) < 4.78 is 5.49. The molecule has 1 aliphatic heterocycles. The van der Waals surface area contributed by atoms with E-state index < -0.39 is 0 Å². The molecule has 2 aromatic carbocycles. The van der Waals surface area contributed by atoms with E-state index in [2.05, 4.69) is 52.2 Å². The second-order valence-corrected chi connectivity index (χ2v) is 6.04. The summed E-state index contributed by atoms with van der Waals surface area (Å²) in [5, 5.41) is 8.30. The number of fused-ring (bicyclic) bond motifs is 1. The molecule has 2 heterocycles. The third-order valence-corrected chi connectivity index (χ3v) is 4.57. The Bertz CT molecular complexity index is 954. The van der Waals surface area contributed by atoms with E-state index in [-0.39, 0.29) is 0 Å². The third-order valence-electron chi connectivity index (χ3n) is 4.57. The number of ether oxygens (including phenoxy) is 1. The maximum absolute atomic E-state index is 7.26. The first-order chi connectivity index (χ1) is 12.4. The first-order valence-electron chi connectivity index (χ1n) is 8.43. The lowest BCUT2D eigenvalue weighted by atomic mass is 9.99. The van der Waals surface area contributed by atoms with Crippen molar-refractivity contribution in [2.75, 3.05) is 31.2 Å². The van der Waals surface area contributed by atoms with Gasteiger partial charge >= 0.3 is 0 Å². The Labute approximate surface area is 146 Å². The normalized spacial score (nSPS) is 14.3. The van der Waals surface area contributed by atoms with Gasteiger partial charge in [0.1, 0.15) is 0 Å². The molecule has 0 atom stereocenters. The molecule has 124 valence electrons. The SMILES string of the molecule is N=C=Cc1ccnc2ccc(-c3ccccc3N3CCOCC3)cc12. The Kier molecular flexibility index (Phi) is 4.30. The van der Waals surface area contributed by atoms with Crippen LogP contribution in [0.25, 0.3) is 28.1 Å². The number of aromatic nitrogens is 1. The molecule has 1 aliphatic rings. The lowest BCUT2D eigenvalue weighted by Gasteiger charge is -2.30. The van der Waals surface area contributed by atoms with Gasteiger partial charge in [-0.1, -0.05) is 24.3 Å². The van der Waals surface area contributed by atoms with Crippen LogP contribution in [0, 0.1) is 5.41 Å². The number of hydrogen-bond donors (Lipinski definition) is 1. The van der Waals surface area contributed by atoms with E-state index in [0.29, 0.717) is 0 Å². The van der Waals surface area contributed by atoms with Gasteiger partial charge in [-0.3, -0.25) is 10.4 Å². The van der Waals surface area contributed by atoms with Gasteiger partial charge in [-0.2, -0.15) is 0 Å². The minimum absolute atomic E-state index is 0.768. The fourth-order valence-corrected chi connectivity index (χ4v) is 3.34. The van der Waals surface area contributed by atoms with Crippen LogP contribution in [0.15, 0.2) is 54.7 Å². The quantitative estimate of drug-likeness (QED) is 0.739. The molecule has 0 amide bonds. The third kappa shape index (κ3) is 3.05. The summed E-state index contributed by atoms with van der Waals surface area (Å²) in [7, 11) is 0. The summed E-state index contributed by atoms with van der Waals surface area (Å²) in [6, 6.07) is 16.7. The molecular weight excluding hydrogens is 310 g/mol. The number of nitrogens with zero attached hydrogens (tertiary/aromatic N) is 2. The largest absolute Gasteiger partial charge is 0.378 e.